The molecular weight excluding hydrogens is 206 g/mol. The van der Waals surface area contributed by atoms with Crippen LogP contribution in [0.4, 0.5) is 0 Å². The van der Waals surface area contributed by atoms with Gasteiger partial charge in [-0.25, -0.2) is 0 Å². The Balaban J connectivity index is 2.12. The predicted molar refractivity (Wildman–Crippen MR) is 61.6 cm³/mol. The van der Waals surface area contributed by atoms with E-state index in [2.05, 4.69) is 10.6 Å². The number of carbonyl (C=O) groups excluding carboxylic acids is 2. The highest BCUT2D eigenvalue weighted by Crippen LogP contribution is 2.27. The summed E-state index contributed by atoms with van der Waals surface area (Å²) >= 11 is 0. The topological polar surface area (TPSA) is 84.2 Å². The van der Waals surface area contributed by atoms with Crippen molar-refractivity contribution >= 4 is 11.8 Å². The summed E-state index contributed by atoms with van der Waals surface area (Å²) in [6.07, 6.45) is 2.40. The molecule has 0 saturated heterocycles. The van der Waals surface area contributed by atoms with Crippen LogP contribution in [-0.2, 0) is 9.59 Å². The Morgan fingerprint density at radius 2 is 1.94 bits per heavy atom. The molecule has 0 aromatic heterocycles. The van der Waals surface area contributed by atoms with E-state index >= 15 is 0 Å². The second-order valence-electron chi connectivity index (χ2n) is 4.74. The molecule has 0 aromatic carbocycles. The van der Waals surface area contributed by atoms with Gasteiger partial charge in [-0.05, 0) is 24.7 Å². The number of hydrogen-bond acceptors (Lipinski definition) is 3. The summed E-state index contributed by atoms with van der Waals surface area (Å²) in [5, 5.41) is 5.31. The first-order valence-corrected chi connectivity index (χ1v) is 5.80. The third-order valence-corrected chi connectivity index (χ3v) is 2.73. The highest BCUT2D eigenvalue weighted by molar-refractivity contribution is 5.87. The van der Waals surface area contributed by atoms with Crippen LogP contribution in [0.3, 0.4) is 0 Å². The van der Waals surface area contributed by atoms with Gasteiger partial charge in [-0.2, -0.15) is 0 Å². The van der Waals surface area contributed by atoms with Crippen LogP contribution in [0.1, 0.15) is 26.7 Å². The highest BCUT2D eigenvalue weighted by atomic mass is 16.2. The van der Waals surface area contributed by atoms with Gasteiger partial charge < -0.3 is 16.4 Å². The van der Waals surface area contributed by atoms with Crippen LogP contribution in [0.15, 0.2) is 0 Å². The van der Waals surface area contributed by atoms with Crippen molar-refractivity contribution in [3.63, 3.8) is 0 Å². The van der Waals surface area contributed by atoms with Crippen LogP contribution in [0.5, 0.6) is 0 Å². The summed E-state index contributed by atoms with van der Waals surface area (Å²) in [5.74, 6) is 0.319. The van der Waals surface area contributed by atoms with E-state index in [0.29, 0.717) is 5.92 Å². The fraction of sp³-hybridized carbons (Fsp3) is 0.818. The maximum absolute atomic E-state index is 11.4. The van der Waals surface area contributed by atoms with Crippen molar-refractivity contribution in [3.05, 3.63) is 0 Å². The highest BCUT2D eigenvalue weighted by Gasteiger charge is 2.22. The molecule has 0 aromatic rings. The SMILES string of the molecule is CC(C)[C@H](N)C(=O)NCC(=O)NCC1CC1. The van der Waals surface area contributed by atoms with E-state index in [1.807, 2.05) is 13.8 Å². The molecule has 0 heterocycles. The Morgan fingerprint density at radius 3 is 2.44 bits per heavy atom. The molecule has 1 atom stereocenters. The number of carbonyl (C=O) groups is 2. The fourth-order valence-corrected chi connectivity index (χ4v) is 1.23. The van der Waals surface area contributed by atoms with E-state index < -0.39 is 6.04 Å². The van der Waals surface area contributed by atoms with E-state index in [-0.39, 0.29) is 24.3 Å². The van der Waals surface area contributed by atoms with Gasteiger partial charge >= 0.3 is 0 Å². The van der Waals surface area contributed by atoms with Gasteiger partial charge in [0.15, 0.2) is 0 Å². The monoisotopic (exact) mass is 227 g/mol. The van der Waals surface area contributed by atoms with Crippen molar-refractivity contribution in [1.29, 1.82) is 0 Å². The predicted octanol–water partition coefficient (Wildman–Crippen LogP) is -0.388. The molecule has 1 rings (SSSR count). The maximum Gasteiger partial charge on any atom is 0.239 e. The zero-order chi connectivity index (χ0) is 12.1. The molecule has 2 amide bonds. The van der Waals surface area contributed by atoms with Gasteiger partial charge in [-0.3, -0.25) is 9.59 Å². The Bertz CT molecular complexity index is 262. The smallest absolute Gasteiger partial charge is 0.239 e. The normalized spacial score (nSPS) is 17.0. The van der Waals surface area contributed by atoms with E-state index in [4.69, 9.17) is 5.73 Å². The Kier molecular flexibility index (Phi) is 4.73. The average molecular weight is 227 g/mol. The molecule has 0 spiro atoms. The van der Waals surface area contributed by atoms with Gasteiger partial charge in [0.2, 0.25) is 11.8 Å². The summed E-state index contributed by atoms with van der Waals surface area (Å²) in [5.41, 5.74) is 5.63. The van der Waals surface area contributed by atoms with Crippen LogP contribution in [0.25, 0.3) is 0 Å². The number of rotatable bonds is 6. The van der Waals surface area contributed by atoms with Crippen LogP contribution < -0.4 is 16.4 Å². The quantitative estimate of drug-likeness (QED) is 0.578. The number of amides is 2. The van der Waals surface area contributed by atoms with Crippen molar-refractivity contribution in [2.24, 2.45) is 17.6 Å². The molecule has 1 aliphatic rings. The largest absolute Gasteiger partial charge is 0.354 e. The van der Waals surface area contributed by atoms with Crippen LogP contribution >= 0.6 is 0 Å². The number of nitrogens with one attached hydrogen (secondary N) is 2. The first-order valence-electron chi connectivity index (χ1n) is 5.80. The van der Waals surface area contributed by atoms with E-state index in [0.717, 1.165) is 6.54 Å². The molecule has 5 heteroatoms. The summed E-state index contributed by atoms with van der Waals surface area (Å²) in [7, 11) is 0. The molecule has 5 nitrogen and oxygen atoms in total. The molecule has 1 fully saturated rings. The Morgan fingerprint density at radius 1 is 1.31 bits per heavy atom. The number of hydrogen-bond donors (Lipinski definition) is 3. The van der Waals surface area contributed by atoms with Gasteiger partial charge in [0.1, 0.15) is 0 Å². The molecular formula is C11H21N3O2. The molecule has 92 valence electrons. The second-order valence-corrected chi connectivity index (χ2v) is 4.74. The summed E-state index contributed by atoms with van der Waals surface area (Å²) in [4.78, 5) is 22.7. The zero-order valence-electron chi connectivity index (χ0n) is 9.95. The zero-order valence-corrected chi connectivity index (χ0v) is 9.95. The summed E-state index contributed by atoms with van der Waals surface area (Å²) < 4.78 is 0. The first-order chi connectivity index (χ1) is 7.50. The number of nitrogens with two attached hydrogens (primary N) is 1. The maximum atomic E-state index is 11.4. The Labute approximate surface area is 96.1 Å². The lowest BCUT2D eigenvalue weighted by atomic mass is 10.1. The standard InChI is InChI=1S/C11H21N3O2/c1-7(2)10(12)11(16)14-6-9(15)13-5-8-3-4-8/h7-8,10H,3-6,12H2,1-2H3,(H,13,15)(H,14,16)/t10-/m0/s1. The van der Waals surface area contributed by atoms with Gasteiger partial charge in [0.25, 0.3) is 0 Å². The molecule has 16 heavy (non-hydrogen) atoms. The van der Waals surface area contributed by atoms with Crippen molar-refractivity contribution in [3.8, 4) is 0 Å². The van der Waals surface area contributed by atoms with Gasteiger partial charge in [-0.15, -0.1) is 0 Å². The van der Waals surface area contributed by atoms with E-state index in [1.165, 1.54) is 12.8 Å². The lowest BCUT2D eigenvalue weighted by Crippen LogP contribution is -2.47. The van der Waals surface area contributed by atoms with Crippen molar-refractivity contribution in [2.75, 3.05) is 13.1 Å². The molecule has 4 N–H and O–H groups in total. The lowest BCUT2D eigenvalue weighted by Gasteiger charge is -2.15. The molecule has 1 aliphatic carbocycles. The molecule has 0 radical (unpaired) electrons. The molecule has 0 bridgehead atoms. The minimum absolute atomic E-state index is 0.0198. The molecule has 0 unspecified atom stereocenters. The Hall–Kier alpha value is -1.10. The molecule has 0 aliphatic heterocycles. The van der Waals surface area contributed by atoms with Crippen LogP contribution in [-0.4, -0.2) is 30.9 Å². The van der Waals surface area contributed by atoms with E-state index in [9.17, 15) is 9.59 Å². The first kappa shape index (κ1) is 13.0. The van der Waals surface area contributed by atoms with Gasteiger partial charge in [0, 0.05) is 6.54 Å². The lowest BCUT2D eigenvalue weighted by molar-refractivity contribution is -0.127. The van der Waals surface area contributed by atoms with Crippen LogP contribution in [0, 0.1) is 11.8 Å². The van der Waals surface area contributed by atoms with Crippen molar-refractivity contribution < 1.29 is 9.59 Å². The summed E-state index contributed by atoms with van der Waals surface area (Å²) in [6, 6.07) is -0.545. The van der Waals surface area contributed by atoms with Crippen molar-refractivity contribution in [2.45, 2.75) is 32.7 Å². The molecule has 1 saturated carbocycles. The minimum Gasteiger partial charge on any atom is -0.354 e. The third kappa shape index (κ3) is 4.61. The van der Waals surface area contributed by atoms with Crippen molar-refractivity contribution in [1.82, 2.24) is 10.6 Å². The minimum atomic E-state index is -0.545. The second kappa shape index (κ2) is 5.84. The van der Waals surface area contributed by atoms with Gasteiger partial charge in [-0.1, -0.05) is 13.8 Å². The van der Waals surface area contributed by atoms with Crippen LogP contribution in [0.2, 0.25) is 0 Å². The van der Waals surface area contributed by atoms with E-state index in [1.54, 1.807) is 0 Å². The fourth-order valence-electron chi connectivity index (χ4n) is 1.23. The third-order valence-electron chi connectivity index (χ3n) is 2.73. The van der Waals surface area contributed by atoms with Gasteiger partial charge in [0.05, 0.1) is 12.6 Å². The average Bonchev–Trinajstić information content (AvgIpc) is 3.05. The summed E-state index contributed by atoms with van der Waals surface area (Å²) in [6.45, 7) is 4.49.